The van der Waals surface area contributed by atoms with Crippen LogP contribution in [0.15, 0.2) is 24.8 Å². The summed E-state index contributed by atoms with van der Waals surface area (Å²) in [6, 6.07) is 0. The number of carbonyl (C=O) groups is 1. The highest BCUT2D eigenvalue weighted by Gasteiger charge is 2.75. The molecular formula is C33H56O3. The fraction of sp³-hybridized carbons (Fsp3) is 0.848. The molecule has 0 radical (unpaired) electrons. The van der Waals surface area contributed by atoms with Crippen molar-refractivity contribution in [3.8, 4) is 0 Å². The number of aliphatic hydroxyl groups excluding tert-OH is 1. The third-order valence-electron chi connectivity index (χ3n) is 12.0. The Balaban J connectivity index is 0.000000177. The minimum atomic E-state index is -0.174. The lowest BCUT2D eigenvalue weighted by Crippen LogP contribution is -2.37. The van der Waals surface area contributed by atoms with Gasteiger partial charge in [-0.1, -0.05) is 54.2 Å². The fourth-order valence-corrected chi connectivity index (χ4v) is 10.0. The Labute approximate surface area is 222 Å². The van der Waals surface area contributed by atoms with Crippen LogP contribution in [-0.2, 0) is 9.53 Å². The summed E-state index contributed by atoms with van der Waals surface area (Å²) in [6.07, 6.45) is 13.4. The van der Waals surface area contributed by atoms with E-state index in [0.29, 0.717) is 27.7 Å². The van der Waals surface area contributed by atoms with Gasteiger partial charge in [-0.3, -0.25) is 0 Å². The van der Waals surface area contributed by atoms with Gasteiger partial charge < -0.3 is 9.84 Å². The molecule has 0 heterocycles. The van der Waals surface area contributed by atoms with Crippen LogP contribution in [0, 0.1) is 57.7 Å². The minimum absolute atomic E-state index is 0.174. The number of aliphatic hydroxyl groups is 1. The van der Waals surface area contributed by atoms with Crippen molar-refractivity contribution in [3.63, 3.8) is 0 Å². The summed E-state index contributed by atoms with van der Waals surface area (Å²) in [5, 5.41) is 7.57. The van der Waals surface area contributed by atoms with Gasteiger partial charge in [0.1, 0.15) is 6.10 Å². The SMILES string of the molecule is C=C(C)C(=O)OC1CC2CC1C1C3CCC(C3)C21.C=CC1(CC)CC(C)C2(C)CC12C.CC.CCO. The Morgan fingerprint density at radius 2 is 1.64 bits per heavy atom. The lowest BCUT2D eigenvalue weighted by Gasteiger charge is -2.38. The Kier molecular flexibility index (Phi) is 8.96. The lowest BCUT2D eigenvalue weighted by atomic mass is 9.70. The summed E-state index contributed by atoms with van der Waals surface area (Å²) in [7, 11) is 0. The average Bonchev–Trinajstić information content (AvgIpc) is 3.46. The predicted octanol–water partition coefficient (Wildman–Crippen LogP) is 8.23. The second-order valence-electron chi connectivity index (χ2n) is 13.2. The molecule has 0 amide bonds. The Morgan fingerprint density at radius 1 is 1.06 bits per heavy atom. The van der Waals surface area contributed by atoms with Crippen LogP contribution in [0.4, 0.5) is 0 Å². The number of rotatable bonds is 4. The molecule has 11 unspecified atom stereocenters. The first kappa shape index (κ1) is 29.5. The van der Waals surface area contributed by atoms with E-state index in [4.69, 9.17) is 9.84 Å². The van der Waals surface area contributed by atoms with E-state index < -0.39 is 0 Å². The zero-order valence-corrected chi connectivity index (χ0v) is 24.7. The van der Waals surface area contributed by atoms with E-state index in [1.807, 2.05) is 13.8 Å². The first-order valence-corrected chi connectivity index (χ1v) is 15.1. The molecule has 11 atom stereocenters. The molecule has 3 heteroatoms. The molecule has 0 aromatic carbocycles. The number of allylic oxidation sites excluding steroid dienone is 1. The molecule has 3 nitrogen and oxygen atoms in total. The molecule has 6 aliphatic carbocycles. The predicted molar refractivity (Wildman–Crippen MR) is 150 cm³/mol. The number of hydrogen-bond donors (Lipinski definition) is 1. The van der Waals surface area contributed by atoms with Gasteiger partial charge in [0, 0.05) is 12.2 Å². The summed E-state index contributed by atoms with van der Waals surface area (Å²) in [5.41, 5.74) is 2.18. The van der Waals surface area contributed by atoms with Crippen LogP contribution >= 0.6 is 0 Å². The van der Waals surface area contributed by atoms with Crippen LogP contribution in [-0.4, -0.2) is 23.8 Å². The van der Waals surface area contributed by atoms with Gasteiger partial charge in [-0.15, -0.1) is 6.58 Å². The molecule has 6 fully saturated rings. The second kappa shape index (κ2) is 11.0. The van der Waals surface area contributed by atoms with E-state index in [2.05, 4.69) is 46.9 Å². The summed E-state index contributed by atoms with van der Waals surface area (Å²) in [4.78, 5) is 11.7. The summed E-state index contributed by atoms with van der Waals surface area (Å²) < 4.78 is 5.68. The van der Waals surface area contributed by atoms with Crippen molar-refractivity contribution >= 4 is 5.97 Å². The van der Waals surface area contributed by atoms with E-state index in [-0.39, 0.29) is 18.7 Å². The lowest BCUT2D eigenvalue weighted by molar-refractivity contribution is -0.149. The highest BCUT2D eigenvalue weighted by molar-refractivity contribution is 5.87. The van der Waals surface area contributed by atoms with Gasteiger partial charge in [0.05, 0.1) is 0 Å². The fourth-order valence-electron chi connectivity index (χ4n) is 10.0. The maximum absolute atomic E-state index is 11.7. The molecule has 0 aromatic rings. The summed E-state index contributed by atoms with van der Waals surface area (Å²) >= 11 is 0. The maximum atomic E-state index is 11.7. The molecule has 1 N–H and O–H groups in total. The monoisotopic (exact) mass is 500 g/mol. The molecule has 4 bridgehead atoms. The molecule has 0 aliphatic heterocycles. The summed E-state index contributed by atoms with van der Waals surface area (Å²) in [5.74, 6) is 6.12. The Bertz CT molecular complexity index is 818. The van der Waals surface area contributed by atoms with Crippen molar-refractivity contribution in [2.24, 2.45) is 57.7 Å². The van der Waals surface area contributed by atoms with E-state index in [9.17, 15) is 4.79 Å². The molecule has 0 saturated heterocycles. The van der Waals surface area contributed by atoms with Crippen LogP contribution in [0.2, 0.25) is 0 Å². The molecule has 0 aromatic heterocycles. The van der Waals surface area contributed by atoms with Crippen molar-refractivity contribution < 1.29 is 14.6 Å². The van der Waals surface area contributed by atoms with Crippen molar-refractivity contribution in [3.05, 3.63) is 24.8 Å². The zero-order valence-electron chi connectivity index (χ0n) is 24.7. The first-order chi connectivity index (χ1) is 17.0. The smallest absolute Gasteiger partial charge is 0.333 e. The van der Waals surface area contributed by atoms with Gasteiger partial charge in [0.25, 0.3) is 0 Å². The van der Waals surface area contributed by atoms with E-state index in [1.54, 1.807) is 13.8 Å². The van der Waals surface area contributed by atoms with Crippen molar-refractivity contribution in [1.29, 1.82) is 0 Å². The van der Waals surface area contributed by atoms with Crippen LogP contribution in [0.3, 0.4) is 0 Å². The van der Waals surface area contributed by atoms with Gasteiger partial charge in [0.15, 0.2) is 0 Å². The number of hydrogen-bond acceptors (Lipinski definition) is 3. The van der Waals surface area contributed by atoms with Gasteiger partial charge >= 0.3 is 5.97 Å². The maximum Gasteiger partial charge on any atom is 0.333 e. The molecular weight excluding hydrogens is 444 g/mol. The highest BCUT2D eigenvalue weighted by Crippen LogP contribution is 2.83. The third kappa shape index (κ3) is 4.44. The minimum Gasteiger partial charge on any atom is -0.459 e. The number of esters is 1. The second-order valence-corrected chi connectivity index (χ2v) is 13.2. The van der Waals surface area contributed by atoms with Crippen molar-refractivity contribution in [2.45, 2.75) is 113 Å². The summed E-state index contributed by atoms with van der Waals surface area (Å²) in [6.45, 7) is 25.1. The number of fused-ring (bicyclic) bond motifs is 10. The third-order valence-corrected chi connectivity index (χ3v) is 12.0. The average molecular weight is 501 g/mol. The quantitative estimate of drug-likeness (QED) is 0.183. The van der Waals surface area contributed by atoms with E-state index in [1.165, 1.54) is 44.9 Å². The molecule has 36 heavy (non-hydrogen) atoms. The largest absolute Gasteiger partial charge is 0.459 e. The van der Waals surface area contributed by atoms with E-state index in [0.717, 1.165) is 41.9 Å². The van der Waals surface area contributed by atoms with Gasteiger partial charge in [0.2, 0.25) is 0 Å². The molecule has 6 aliphatic rings. The molecule has 6 rings (SSSR count). The molecule has 6 saturated carbocycles. The zero-order chi connectivity index (χ0) is 27.1. The molecule has 0 spiro atoms. The van der Waals surface area contributed by atoms with Gasteiger partial charge in [-0.05, 0) is 123 Å². The standard InChI is InChI=1S/C16H22O2.C13H22.C2H6O.C2H6/c1-8(2)16(17)18-13-7-11-6-12(13)15-10-4-3-9(5-10)14(11)15;1-6-13(7-2)8-10(3)11(4)9-12(11,13)5;1-2-3;1-2/h9-15H,1,3-7H2,2H3;6,10H,1,7-9H2,2-5H3;3H,2H2,1H3;1-2H3. The van der Waals surface area contributed by atoms with Crippen LogP contribution in [0.25, 0.3) is 0 Å². The number of ether oxygens (including phenoxy) is 1. The van der Waals surface area contributed by atoms with Crippen molar-refractivity contribution in [1.82, 2.24) is 0 Å². The normalized spacial score (nSPS) is 47.7. The topological polar surface area (TPSA) is 46.5 Å². The van der Waals surface area contributed by atoms with Crippen LogP contribution < -0.4 is 0 Å². The van der Waals surface area contributed by atoms with E-state index >= 15 is 0 Å². The Morgan fingerprint density at radius 3 is 2.06 bits per heavy atom. The van der Waals surface area contributed by atoms with Gasteiger partial charge in [-0.2, -0.15) is 0 Å². The van der Waals surface area contributed by atoms with Crippen molar-refractivity contribution in [2.75, 3.05) is 6.61 Å². The molecule has 206 valence electrons. The first-order valence-electron chi connectivity index (χ1n) is 15.1. The van der Waals surface area contributed by atoms with Crippen LogP contribution in [0.5, 0.6) is 0 Å². The number of carbonyl (C=O) groups excluding carboxylic acids is 1. The van der Waals surface area contributed by atoms with Crippen LogP contribution in [0.1, 0.15) is 107 Å². The highest BCUT2D eigenvalue weighted by atomic mass is 16.5. The van der Waals surface area contributed by atoms with Gasteiger partial charge in [-0.25, -0.2) is 4.79 Å². The Hall–Kier alpha value is -1.09.